The number of benzene rings is 1. The molecular weight excluding hydrogens is 422 g/mol. The van der Waals surface area contributed by atoms with Crippen LogP contribution in [0.1, 0.15) is 50.8 Å². The highest BCUT2D eigenvalue weighted by molar-refractivity contribution is 7.93. The van der Waals surface area contributed by atoms with E-state index >= 15 is 0 Å². The van der Waals surface area contributed by atoms with Gasteiger partial charge in [0.05, 0.1) is 22.8 Å². The molecule has 0 unspecified atom stereocenters. The topological polar surface area (TPSA) is 80.1 Å². The van der Waals surface area contributed by atoms with Gasteiger partial charge in [-0.15, -0.1) is 5.10 Å². The summed E-state index contributed by atoms with van der Waals surface area (Å²) < 4.78 is 28.8. The molecule has 0 radical (unpaired) electrons. The van der Waals surface area contributed by atoms with Crippen molar-refractivity contribution >= 4 is 21.4 Å². The minimum absolute atomic E-state index is 0.420. The fraction of sp³-hybridized carbons (Fsp3) is 0.417. The predicted molar refractivity (Wildman–Crippen MR) is 131 cm³/mol. The number of piperidine rings is 1. The van der Waals surface area contributed by atoms with Crippen LogP contribution in [0.4, 0.5) is 5.69 Å². The van der Waals surface area contributed by atoms with E-state index in [1.165, 1.54) is 5.56 Å². The number of rotatable bonds is 9. The van der Waals surface area contributed by atoms with Crippen LogP contribution in [-0.2, 0) is 16.6 Å². The van der Waals surface area contributed by atoms with Crippen LogP contribution in [0.15, 0.2) is 61.3 Å². The van der Waals surface area contributed by atoms with E-state index in [0.29, 0.717) is 11.6 Å². The third-order valence-corrected chi connectivity index (χ3v) is 7.48. The minimum Gasteiger partial charge on any atom is -0.297 e. The van der Waals surface area contributed by atoms with Crippen LogP contribution in [-0.4, -0.2) is 46.7 Å². The lowest BCUT2D eigenvalue weighted by Gasteiger charge is -2.31. The average molecular weight is 456 g/mol. The Kier molecular flexibility index (Phi) is 8.04. The number of hydrogen-bond donors (Lipinski definition) is 1. The Morgan fingerprint density at radius 3 is 2.72 bits per heavy atom. The lowest BCUT2D eigenvalue weighted by molar-refractivity contribution is 0.202. The second-order valence-corrected chi connectivity index (χ2v) is 10.6. The third kappa shape index (κ3) is 6.17. The number of sulfonamides is 1. The molecule has 1 saturated heterocycles. The third-order valence-electron chi connectivity index (χ3n) is 5.72. The summed E-state index contributed by atoms with van der Waals surface area (Å²) >= 11 is 0. The SMILES string of the molecule is C=C/C=C\C(=C/C)n1cc(CN2CCC(c3cccc(NS(=O)(=O)C(C)C)c3)CC2)nn1. The van der Waals surface area contributed by atoms with E-state index in [0.717, 1.165) is 43.9 Å². The minimum atomic E-state index is -3.34. The van der Waals surface area contributed by atoms with Gasteiger partial charge in [-0.3, -0.25) is 9.62 Å². The lowest BCUT2D eigenvalue weighted by atomic mass is 9.89. The zero-order valence-electron chi connectivity index (χ0n) is 19.1. The number of nitrogens with one attached hydrogen (secondary N) is 1. The monoisotopic (exact) mass is 455 g/mol. The molecule has 0 spiro atoms. The lowest BCUT2D eigenvalue weighted by Crippen LogP contribution is -2.32. The molecule has 7 nitrogen and oxygen atoms in total. The molecule has 8 heteroatoms. The summed E-state index contributed by atoms with van der Waals surface area (Å²) in [4.78, 5) is 2.39. The van der Waals surface area contributed by atoms with Crippen LogP contribution >= 0.6 is 0 Å². The fourth-order valence-electron chi connectivity index (χ4n) is 3.76. The molecule has 1 aromatic carbocycles. The van der Waals surface area contributed by atoms with Gasteiger partial charge in [-0.25, -0.2) is 13.1 Å². The molecular formula is C24H33N5O2S. The molecule has 2 heterocycles. The Morgan fingerprint density at radius 2 is 2.06 bits per heavy atom. The molecule has 172 valence electrons. The molecule has 1 aliphatic rings. The fourth-order valence-corrected chi connectivity index (χ4v) is 4.45. The number of anilines is 1. The highest BCUT2D eigenvalue weighted by Crippen LogP contribution is 2.30. The van der Waals surface area contributed by atoms with Crippen molar-refractivity contribution in [3.05, 3.63) is 72.6 Å². The van der Waals surface area contributed by atoms with Gasteiger partial charge in [-0.05, 0) is 76.4 Å². The van der Waals surface area contributed by atoms with Crippen LogP contribution in [0.25, 0.3) is 5.70 Å². The maximum atomic E-state index is 12.2. The molecule has 0 saturated carbocycles. The van der Waals surface area contributed by atoms with Gasteiger partial charge >= 0.3 is 0 Å². The maximum absolute atomic E-state index is 12.2. The van der Waals surface area contributed by atoms with E-state index in [9.17, 15) is 8.42 Å². The summed E-state index contributed by atoms with van der Waals surface area (Å²) in [6, 6.07) is 7.80. The molecule has 1 aliphatic heterocycles. The summed E-state index contributed by atoms with van der Waals surface area (Å²) in [5.74, 6) is 0.420. The summed E-state index contributed by atoms with van der Waals surface area (Å²) in [6.07, 6.45) is 11.6. The van der Waals surface area contributed by atoms with Crippen molar-refractivity contribution in [1.82, 2.24) is 19.9 Å². The molecule has 0 aliphatic carbocycles. The molecule has 1 fully saturated rings. The zero-order valence-corrected chi connectivity index (χ0v) is 19.9. The van der Waals surface area contributed by atoms with Crippen LogP contribution < -0.4 is 4.72 Å². The average Bonchev–Trinajstić information content (AvgIpc) is 3.23. The van der Waals surface area contributed by atoms with Gasteiger partial charge in [0, 0.05) is 12.2 Å². The molecule has 3 rings (SSSR count). The Morgan fingerprint density at radius 1 is 1.31 bits per heavy atom. The first kappa shape index (κ1) is 23.9. The van der Waals surface area contributed by atoms with Crippen LogP contribution in [0, 0.1) is 0 Å². The number of allylic oxidation sites excluding steroid dienone is 5. The van der Waals surface area contributed by atoms with Crippen LogP contribution in [0.2, 0.25) is 0 Å². The Hall–Kier alpha value is -2.71. The van der Waals surface area contributed by atoms with E-state index in [4.69, 9.17) is 0 Å². The number of nitrogens with zero attached hydrogens (tertiary/aromatic N) is 4. The smallest absolute Gasteiger partial charge is 0.235 e. The number of aromatic nitrogens is 3. The second-order valence-electron chi connectivity index (χ2n) is 8.33. The van der Waals surface area contributed by atoms with Crippen molar-refractivity contribution < 1.29 is 8.42 Å². The van der Waals surface area contributed by atoms with Gasteiger partial charge in [0.25, 0.3) is 0 Å². The maximum Gasteiger partial charge on any atom is 0.235 e. The molecule has 1 N–H and O–H groups in total. The molecule has 0 atom stereocenters. The van der Waals surface area contributed by atoms with E-state index in [2.05, 4.69) is 32.6 Å². The van der Waals surface area contributed by atoms with Crippen molar-refractivity contribution in [1.29, 1.82) is 0 Å². The summed E-state index contributed by atoms with van der Waals surface area (Å²) in [5, 5.41) is 8.12. The number of likely N-dealkylation sites (tertiary alicyclic amines) is 1. The van der Waals surface area contributed by atoms with Crippen molar-refractivity contribution in [3.63, 3.8) is 0 Å². The van der Waals surface area contributed by atoms with Gasteiger partial charge in [0.2, 0.25) is 10.0 Å². The summed E-state index contributed by atoms with van der Waals surface area (Å²) in [5.41, 5.74) is 3.72. The van der Waals surface area contributed by atoms with Gasteiger partial charge in [-0.1, -0.05) is 42.2 Å². The van der Waals surface area contributed by atoms with E-state index < -0.39 is 15.3 Å². The second kappa shape index (κ2) is 10.7. The Bertz CT molecular complexity index is 1080. The van der Waals surface area contributed by atoms with Gasteiger partial charge in [0.15, 0.2) is 0 Å². The van der Waals surface area contributed by atoms with Crippen molar-refractivity contribution in [2.24, 2.45) is 0 Å². The summed E-state index contributed by atoms with van der Waals surface area (Å²) in [7, 11) is -3.34. The number of hydrogen-bond acceptors (Lipinski definition) is 5. The molecule has 1 aromatic heterocycles. The van der Waals surface area contributed by atoms with Crippen LogP contribution in [0.3, 0.4) is 0 Å². The summed E-state index contributed by atoms with van der Waals surface area (Å²) in [6.45, 7) is 11.7. The zero-order chi connectivity index (χ0) is 23.1. The van der Waals surface area contributed by atoms with E-state index in [1.807, 2.05) is 49.5 Å². The molecule has 0 amide bonds. The van der Waals surface area contributed by atoms with E-state index in [-0.39, 0.29) is 0 Å². The van der Waals surface area contributed by atoms with Gasteiger partial charge in [0.1, 0.15) is 0 Å². The van der Waals surface area contributed by atoms with Crippen molar-refractivity contribution in [2.75, 3.05) is 17.8 Å². The first-order valence-electron chi connectivity index (χ1n) is 11.0. The quantitative estimate of drug-likeness (QED) is 0.567. The molecule has 32 heavy (non-hydrogen) atoms. The van der Waals surface area contributed by atoms with Crippen molar-refractivity contribution in [2.45, 2.75) is 51.3 Å². The standard InChI is InChI=1S/C24H33N5O2S/c1-5-7-11-24(6-2)29-18-23(25-27-29)17-28-14-12-20(13-15-28)21-9-8-10-22(16-21)26-32(30,31)19(3)4/h5-11,16,18-20,26H,1,12-15,17H2,2-4H3/b11-7-,24-6+. The van der Waals surface area contributed by atoms with E-state index in [1.54, 1.807) is 24.6 Å². The predicted octanol–water partition coefficient (Wildman–Crippen LogP) is 4.41. The first-order valence-corrected chi connectivity index (χ1v) is 12.6. The largest absolute Gasteiger partial charge is 0.297 e. The molecule has 0 bridgehead atoms. The highest BCUT2D eigenvalue weighted by atomic mass is 32.2. The Balaban J connectivity index is 1.58. The van der Waals surface area contributed by atoms with Crippen molar-refractivity contribution in [3.8, 4) is 0 Å². The Labute approximate surface area is 191 Å². The first-order chi connectivity index (χ1) is 15.3. The molecule has 2 aromatic rings. The normalized spacial score (nSPS) is 16.7. The highest BCUT2D eigenvalue weighted by Gasteiger charge is 2.22. The van der Waals surface area contributed by atoms with Gasteiger partial charge < -0.3 is 0 Å². The van der Waals surface area contributed by atoms with Gasteiger partial charge in [-0.2, -0.15) is 0 Å². The van der Waals surface area contributed by atoms with Crippen LogP contribution in [0.5, 0.6) is 0 Å².